The van der Waals surface area contributed by atoms with Crippen molar-refractivity contribution >= 4 is 22.7 Å². The standard InChI is InChI=1S/C31H30F3N5O2/c32-23-15-21(16-24(33)17-23)13-20-8-9-28-22(14-20)18-35-39(28)36-30(40)26-6-3-7-27(34)29(26)31(41)38-12-4-5-25(38)19-37-10-1-2-11-37/h3,6-9,14-18,25H,1-2,4-5,10-13,19H2,(H,36,40)/t25-/m0/s1. The Balaban J connectivity index is 1.21. The van der Waals surface area contributed by atoms with Gasteiger partial charge in [0.15, 0.2) is 0 Å². The normalized spacial score (nSPS) is 17.4. The van der Waals surface area contributed by atoms with E-state index in [1.54, 1.807) is 23.2 Å². The number of likely N-dealkylation sites (tertiary alicyclic amines) is 2. The number of carbonyl (C=O) groups is 2. The third-order valence-electron chi connectivity index (χ3n) is 7.95. The molecule has 0 radical (unpaired) electrons. The SMILES string of the molecule is O=C(Nn1ncc2cc(Cc3cc(F)cc(F)c3)ccc21)c1cccc(F)c1C(=O)N1CCC[C@H]1CN1CCCC1. The van der Waals surface area contributed by atoms with Gasteiger partial charge in [-0.2, -0.15) is 9.89 Å². The number of hydrogen-bond donors (Lipinski definition) is 1. The second kappa shape index (κ2) is 11.4. The lowest BCUT2D eigenvalue weighted by molar-refractivity contribution is 0.0699. The molecule has 41 heavy (non-hydrogen) atoms. The average Bonchev–Trinajstić information content (AvgIpc) is 3.70. The number of aromatic nitrogens is 2. The molecule has 2 amide bonds. The van der Waals surface area contributed by atoms with Crippen LogP contribution in [0, 0.1) is 17.5 Å². The zero-order valence-corrected chi connectivity index (χ0v) is 22.5. The highest BCUT2D eigenvalue weighted by molar-refractivity contribution is 6.10. The molecule has 2 aliphatic heterocycles. The van der Waals surface area contributed by atoms with Crippen LogP contribution in [0.3, 0.4) is 0 Å². The van der Waals surface area contributed by atoms with Crippen molar-refractivity contribution in [1.29, 1.82) is 0 Å². The minimum atomic E-state index is -0.738. The Kier molecular flexibility index (Phi) is 7.49. The fourth-order valence-electron chi connectivity index (χ4n) is 6.02. The van der Waals surface area contributed by atoms with Crippen molar-refractivity contribution in [1.82, 2.24) is 19.7 Å². The maximum atomic E-state index is 15.1. The van der Waals surface area contributed by atoms with Crippen LogP contribution < -0.4 is 5.43 Å². The number of carbonyl (C=O) groups excluding carboxylic acids is 2. The molecule has 0 saturated carbocycles. The molecule has 3 heterocycles. The number of rotatable bonds is 7. The first kappa shape index (κ1) is 27.0. The summed E-state index contributed by atoms with van der Waals surface area (Å²) in [6, 6.07) is 12.8. The molecule has 2 fully saturated rings. The van der Waals surface area contributed by atoms with Crippen molar-refractivity contribution in [3.63, 3.8) is 0 Å². The minimum absolute atomic E-state index is 0.00996. The topological polar surface area (TPSA) is 70.5 Å². The van der Waals surface area contributed by atoms with Crippen LogP contribution in [0.5, 0.6) is 0 Å². The Morgan fingerprint density at radius 2 is 1.68 bits per heavy atom. The second-order valence-electron chi connectivity index (χ2n) is 10.8. The highest BCUT2D eigenvalue weighted by atomic mass is 19.1. The Hall–Kier alpha value is -4.18. The molecule has 1 N–H and O–H groups in total. The summed E-state index contributed by atoms with van der Waals surface area (Å²) in [5.74, 6) is -3.15. The summed E-state index contributed by atoms with van der Waals surface area (Å²) in [7, 11) is 0. The number of amides is 2. The Morgan fingerprint density at radius 3 is 2.46 bits per heavy atom. The zero-order valence-electron chi connectivity index (χ0n) is 22.5. The van der Waals surface area contributed by atoms with E-state index >= 15 is 4.39 Å². The van der Waals surface area contributed by atoms with Gasteiger partial charge < -0.3 is 9.80 Å². The molecule has 2 aliphatic rings. The summed E-state index contributed by atoms with van der Waals surface area (Å²) in [5.41, 5.74) is 4.24. The van der Waals surface area contributed by atoms with Gasteiger partial charge in [0, 0.05) is 30.6 Å². The fourth-order valence-corrected chi connectivity index (χ4v) is 6.02. The second-order valence-corrected chi connectivity index (χ2v) is 10.8. The molecular weight excluding hydrogens is 531 g/mol. The van der Waals surface area contributed by atoms with E-state index in [0.717, 1.165) is 56.9 Å². The predicted molar refractivity (Wildman–Crippen MR) is 149 cm³/mol. The molecule has 3 aromatic carbocycles. The molecule has 7 nitrogen and oxygen atoms in total. The monoisotopic (exact) mass is 561 g/mol. The van der Waals surface area contributed by atoms with Crippen LogP contribution in [0.15, 0.2) is 60.8 Å². The Labute approximate surface area is 235 Å². The summed E-state index contributed by atoms with van der Waals surface area (Å²) in [6.45, 7) is 3.31. The van der Waals surface area contributed by atoms with Gasteiger partial charge in [0.25, 0.3) is 11.8 Å². The summed E-state index contributed by atoms with van der Waals surface area (Å²) in [4.78, 5) is 32.4. The molecular formula is C31H30F3N5O2. The van der Waals surface area contributed by atoms with Crippen molar-refractivity contribution in [3.05, 3.63) is 100 Å². The van der Waals surface area contributed by atoms with Crippen molar-refractivity contribution < 1.29 is 22.8 Å². The van der Waals surface area contributed by atoms with Crippen LogP contribution in [0.2, 0.25) is 0 Å². The van der Waals surface area contributed by atoms with Crippen LogP contribution >= 0.6 is 0 Å². The van der Waals surface area contributed by atoms with E-state index in [1.807, 2.05) is 6.07 Å². The van der Waals surface area contributed by atoms with Gasteiger partial charge in [-0.25, -0.2) is 18.6 Å². The molecule has 0 unspecified atom stereocenters. The number of hydrogen-bond acceptors (Lipinski definition) is 4. The lowest BCUT2D eigenvalue weighted by Crippen LogP contribution is -2.43. The van der Waals surface area contributed by atoms with Gasteiger partial charge >= 0.3 is 0 Å². The van der Waals surface area contributed by atoms with Gasteiger partial charge in [-0.3, -0.25) is 9.59 Å². The van der Waals surface area contributed by atoms with E-state index < -0.39 is 29.3 Å². The average molecular weight is 562 g/mol. The summed E-state index contributed by atoms with van der Waals surface area (Å²) < 4.78 is 42.3. The Bertz CT molecular complexity index is 1590. The van der Waals surface area contributed by atoms with E-state index in [0.29, 0.717) is 29.4 Å². The van der Waals surface area contributed by atoms with E-state index in [2.05, 4.69) is 15.4 Å². The van der Waals surface area contributed by atoms with Crippen LogP contribution in [0.4, 0.5) is 13.2 Å². The maximum Gasteiger partial charge on any atom is 0.272 e. The molecule has 1 aromatic heterocycles. The van der Waals surface area contributed by atoms with Gasteiger partial charge in [0.05, 0.1) is 22.8 Å². The van der Waals surface area contributed by atoms with E-state index in [1.165, 1.54) is 35.1 Å². The Morgan fingerprint density at radius 1 is 0.902 bits per heavy atom. The molecule has 1 atom stereocenters. The quantitative estimate of drug-likeness (QED) is 0.340. The number of fused-ring (bicyclic) bond motifs is 1. The molecule has 4 aromatic rings. The molecule has 0 spiro atoms. The summed E-state index contributed by atoms with van der Waals surface area (Å²) in [5, 5.41) is 4.94. The van der Waals surface area contributed by atoms with Crippen LogP contribution in [0.1, 0.15) is 57.5 Å². The van der Waals surface area contributed by atoms with Crippen molar-refractivity contribution in [3.8, 4) is 0 Å². The smallest absolute Gasteiger partial charge is 0.272 e. The molecule has 2 saturated heterocycles. The van der Waals surface area contributed by atoms with E-state index in [-0.39, 0.29) is 17.2 Å². The van der Waals surface area contributed by atoms with E-state index in [4.69, 9.17) is 0 Å². The van der Waals surface area contributed by atoms with Gasteiger partial charge in [-0.15, -0.1) is 0 Å². The number of halogens is 3. The largest absolute Gasteiger partial charge is 0.334 e. The highest BCUT2D eigenvalue weighted by Gasteiger charge is 2.34. The number of nitrogens with one attached hydrogen (secondary N) is 1. The molecule has 0 bridgehead atoms. The molecule has 6 rings (SSSR count). The third-order valence-corrected chi connectivity index (χ3v) is 7.95. The third kappa shape index (κ3) is 5.69. The van der Waals surface area contributed by atoms with Crippen molar-refractivity contribution in [2.75, 3.05) is 31.6 Å². The lowest BCUT2D eigenvalue weighted by atomic mass is 10.0. The minimum Gasteiger partial charge on any atom is -0.334 e. The van der Waals surface area contributed by atoms with Gasteiger partial charge in [-0.05, 0) is 92.7 Å². The highest BCUT2D eigenvalue weighted by Crippen LogP contribution is 2.26. The summed E-state index contributed by atoms with van der Waals surface area (Å²) >= 11 is 0. The summed E-state index contributed by atoms with van der Waals surface area (Å²) in [6.07, 6.45) is 5.86. The number of nitrogens with zero attached hydrogens (tertiary/aromatic N) is 4. The first-order valence-electron chi connectivity index (χ1n) is 13.9. The van der Waals surface area contributed by atoms with Crippen LogP contribution in [0.25, 0.3) is 10.9 Å². The molecule has 212 valence electrons. The van der Waals surface area contributed by atoms with Gasteiger partial charge in [0.2, 0.25) is 0 Å². The van der Waals surface area contributed by atoms with Gasteiger partial charge in [-0.1, -0.05) is 12.1 Å². The van der Waals surface area contributed by atoms with Crippen molar-refractivity contribution in [2.45, 2.75) is 38.1 Å². The lowest BCUT2D eigenvalue weighted by Gasteiger charge is -2.29. The van der Waals surface area contributed by atoms with Crippen LogP contribution in [-0.4, -0.2) is 63.7 Å². The van der Waals surface area contributed by atoms with Crippen LogP contribution in [-0.2, 0) is 6.42 Å². The van der Waals surface area contributed by atoms with Gasteiger partial charge in [0.1, 0.15) is 17.5 Å². The fraction of sp³-hybridized carbons (Fsp3) is 0.323. The predicted octanol–water partition coefficient (Wildman–Crippen LogP) is 5.13. The number of benzene rings is 3. The molecule has 0 aliphatic carbocycles. The zero-order chi connectivity index (χ0) is 28.5. The van der Waals surface area contributed by atoms with E-state index in [9.17, 15) is 18.4 Å². The molecule has 10 heteroatoms. The van der Waals surface area contributed by atoms with Crippen molar-refractivity contribution in [2.24, 2.45) is 0 Å². The maximum absolute atomic E-state index is 15.1. The first-order chi connectivity index (χ1) is 19.9. The first-order valence-corrected chi connectivity index (χ1v) is 13.9.